The van der Waals surface area contributed by atoms with Gasteiger partial charge in [0.05, 0.1) is 29.7 Å². The molecular formula is C22H23N5O6S. The van der Waals surface area contributed by atoms with Crippen molar-refractivity contribution < 1.29 is 22.8 Å². The number of hydrogen-bond acceptors (Lipinski definition) is 9. The van der Waals surface area contributed by atoms with E-state index in [1.165, 1.54) is 22.5 Å². The molecule has 1 aliphatic rings. The third-order valence-electron chi connectivity index (χ3n) is 5.56. The Balaban J connectivity index is 1.47. The number of nitrogens with zero attached hydrogens (tertiary/aromatic N) is 5. The number of piperazine rings is 1. The van der Waals surface area contributed by atoms with Crippen LogP contribution in [0.2, 0.25) is 0 Å². The second kappa shape index (κ2) is 9.61. The average molecular weight is 486 g/mol. The molecular weight excluding hydrogens is 462 g/mol. The van der Waals surface area contributed by atoms with E-state index in [4.69, 9.17) is 9.47 Å². The maximum Gasteiger partial charge on any atom is 0.270 e. The number of nitro groups is 1. The Kier molecular flexibility index (Phi) is 6.61. The highest BCUT2D eigenvalue weighted by Crippen LogP contribution is 2.32. The maximum atomic E-state index is 13.0. The largest absolute Gasteiger partial charge is 0.497 e. The number of ether oxygens (including phenoxy) is 2. The fourth-order valence-electron chi connectivity index (χ4n) is 3.72. The summed E-state index contributed by atoms with van der Waals surface area (Å²) in [4.78, 5) is 12.2. The summed E-state index contributed by atoms with van der Waals surface area (Å²) >= 11 is 0. The number of aromatic nitrogens is 2. The van der Waals surface area contributed by atoms with Gasteiger partial charge < -0.3 is 14.4 Å². The molecule has 0 bridgehead atoms. The van der Waals surface area contributed by atoms with Gasteiger partial charge in [-0.2, -0.15) is 4.31 Å². The molecule has 11 nitrogen and oxygen atoms in total. The van der Waals surface area contributed by atoms with Crippen LogP contribution in [0.3, 0.4) is 0 Å². The van der Waals surface area contributed by atoms with E-state index in [0.717, 1.165) is 11.6 Å². The molecule has 1 saturated heterocycles. The molecule has 3 aromatic rings. The molecule has 1 aromatic heterocycles. The van der Waals surface area contributed by atoms with Crippen LogP contribution >= 0.6 is 0 Å². The summed E-state index contributed by atoms with van der Waals surface area (Å²) in [5.74, 6) is 1.93. The minimum Gasteiger partial charge on any atom is -0.497 e. The third-order valence-corrected chi connectivity index (χ3v) is 7.46. The molecule has 0 atom stereocenters. The summed E-state index contributed by atoms with van der Waals surface area (Å²) in [6.45, 7) is 1.26. The molecule has 2 heterocycles. The van der Waals surface area contributed by atoms with Gasteiger partial charge in [0.15, 0.2) is 5.82 Å². The second-order valence-corrected chi connectivity index (χ2v) is 9.43. The van der Waals surface area contributed by atoms with Gasteiger partial charge in [-0.3, -0.25) is 10.1 Å². The molecule has 2 aromatic carbocycles. The number of non-ortho nitro benzene ring substituents is 1. The first-order valence-corrected chi connectivity index (χ1v) is 11.8. The van der Waals surface area contributed by atoms with Crippen LogP contribution in [-0.2, 0) is 10.0 Å². The zero-order valence-electron chi connectivity index (χ0n) is 18.6. The molecule has 12 heteroatoms. The Labute approximate surface area is 196 Å². The monoisotopic (exact) mass is 485 g/mol. The molecule has 0 unspecified atom stereocenters. The molecule has 178 valence electrons. The fraction of sp³-hybridized carbons (Fsp3) is 0.273. The van der Waals surface area contributed by atoms with E-state index >= 15 is 0 Å². The molecule has 1 fully saturated rings. The van der Waals surface area contributed by atoms with Gasteiger partial charge in [-0.15, -0.1) is 10.2 Å². The van der Waals surface area contributed by atoms with Crippen molar-refractivity contribution in [2.45, 2.75) is 4.90 Å². The summed E-state index contributed by atoms with van der Waals surface area (Å²) < 4.78 is 37.9. The second-order valence-electron chi connectivity index (χ2n) is 7.49. The van der Waals surface area contributed by atoms with Crippen molar-refractivity contribution in [1.29, 1.82) is 0 Å². The van der Waals surface area contributed by atoms with Crippen molar-refractivity contribution in [3.8, 4) is 22.8 Å². The van der Waals surface area contributed by atoms with Crippen LogP contribution in [0.15, 0.2) is 59.5 Å². The average Bonchev–Trinajstić information content (AvgIpc) is 2.88. The van der Waals surface area contributed by atoms with Crippen LogP contribution in [0.5, 0.6) is 11.5 Å². The lowest BCUT2D eigenvalue weighted by Gasteiger charge is -2.34. The first-order chi connectivity index (χ1) is 16.3. The maximum absolute atomic E-state index is 13.0. The Morgan fingerprint density at radius 1 is 0.941 bits per heavy atom. The van der Waals surface area contributed by atoms with Crippen LogP contribution in [0.4, 0.5) is 11.5 Å². The molecule has 0 aliphatic carbocycles. The Morgan fingerprint density at radius 3 is 2.32 bits per heavy atom. The van der Waals surface area contributed by atoms with E-state index in [1.54, 1.807) is 26.4 Å². The third kappa shape index (κ3) is 4.63. The Bertz CT molecular complexity index is 1290. The van der Waals surface area contributed by atoms with E-state index in [-0.39, 0.29) is 23.7 Å². The van der Waals surface area contributed by atoms with Crippen molar-refractivity contribution >= 4 is 21.5 Å². The van der Waals surface area contributed by atoms with Gasteiger partial charge >= 0.3 is 0 Å². The lowest BCUT2D eigenvalue weighted by atomic mass is 10.1. The summed E-state index contributed by atoms with van der Waals surface area (Å²) in [5, 5.41) is 19.7. The smallest absolute Gasteiger partial charge is 0.270 e. The number of anilines is 1. The predicted molar refractivity (Wildman–Crippen MR) is 125 cm³/mol. The summed E-state index contributed by atoms with van der Waals surface area (Å²) in [5.41, 5.74) is 1.10. The zero-order chi connectivity index (χ0) is 24.3. The zero-order valence-corrected chi connectivity index (χ0v) is 19.4. The first-order valence-electron chi connectivity index (χ1n) is 10.4. The molecule has 1 aliphatic heterocycles. The van der Waals surface area contributed by atoms with Gasteiger partial charge in [-0.1, -0.05) is 6.07 Å². The lowest BCUT2D eigenvalue weighted by molar-refractivity contribution is -0.385. The van der Waals surface area contributed by atoms with E-state index in [9.17, 15) is 18.5 Å². The van der Waals surface area contributed by atoms with Gasteiger partial charge in [0.25, 0.3) is 5.69 Å². The quantitative estimate of drug-likeness (QED) is 0.366. The predicted octanol–water partition coefficient (Wildman–Crippen LogP) is 2.58. The highest BCUT2D eigenvalue weighted by Gasteiger charge is 2.30. The number of methoxy groups -OCH3 is 2. The first kappa shape index (κ1) is 23.4. The van der Waals surface area contributed by atoms with E-state index in [0.29, 0.717) is 36.1 Å². The summed E-state index contributed by atoms with van der Waals surface area (Å²) in [6.07, 6.45) is 0. The summed E-state index contributed by atoms with van der Waals surface area (Å²) in [7, 11) is -0.680. The minimum absolute atomic E-state index is 0.0912. The molecule has 0 N–H and O–H groups in total. The van der Waals surface area contributed by atoms with Crippen molar-refractivity contribution in [1.82, 2.24) is 14.5 Å². The molecule has 34 heavy (non-hydrogen) atoms. The minimum atomic E-state index is -3.84. The molecule has 0 saturated carbocycles. The topological polar surface area (TPSA) is 128 Å². The van der Waals surface area contributed by atoms with E-state index in [1.807, 2.05) is 23.1 Å². The molecule has 4 rings (SSSR count). The van der Waals surface area contributed by atoms with Gasteiger partial charge in [0, 0.05) is 43.9 Å². The standard InChI is InChI=1S/C22H23N5O6S/c1-32-17-6-8-21(33-2)19(15-17)20-7-9-22(24-23-20)25-10-12-26(13-11-25)34(30,31)18-5-3-4-16(14-18)27(28)29/h3-9,14-15H,10-13H2,1-2H3. The Hall–Kier alpha value is -3.77. The number of nitro benzene ring substituents is 1. The highest BCUT2D eigenvalue weighted by atomic mass is 32.2. The number of hydrogen-bond donors (Lipinski definition) is 0. The van der Waals surface area contributed by atoms with Crippen molar-refractivity contribution in [2.24, 2.45) is 0 Å². The van der Waals surface area contributed by atoms with Gasteiger partial charge in [-0.05, 0) is 36.4 Å². The normalized spacial score (nSPS) is 14.6. The molecule has 0 radical (unpaired) electrons. The summed E-state index contributed by atoms with van der Waals surface area (Å²) in [6, 6.07) is 14.1. The highest BCUT2D eigenvalue weighted by molar-refractivity contribution is 7.89. The van der Waals surface area contributed by atoms with E-state index < -0.39 is 14.9 Å². The van der Waals surface area contributed by atoms with Crippen LogP contribution in [0.1, 0.15) is 0 Å². The van der Waals surface area contributed by atoms with Gasteiger partial charge in [0.1, 0.15) is 11.5 Å². The van der Waals surface area contributed by atoms with Gasteiger partial charge in [-0.25, -0.2) is 8.42 Å². The Morgan fingerprint density at radius 2 is 1.71 bits per heavy atom. The van der Waals surface area contributed by atoms with Crippen LogP contribution in [0.25, 0.3) is 11.3 Å². The van der Waals surface area contributed by atoms with E-state index in [2.05, 4.69) is 10.2 Å². The van der Waals surface area contributed by atoms with Gasteiger partial charge in [0.2, 0.25) is 10.0 Å². The number of sulfonamides is 1. The van der Waals surface area contributed by atoms with Crippen molar-refractivity contribution in [3.63, 3.8) is 0 Å². The SMILES string of the molecule is COc1ccc(OC)c(-c2ccc(N3CCN(S(=O)(=O)c4cccc([N+](=O)[O-])c4)CC3)nn2)c1. The molecule has 0 amide bonds. The number of rotatable bonds is 7. The number of benzene rings is 2. The van der Waals surface area contributed by atoms with Crippen LogP contribution in [0, 0.1) is 10.1 Å². The van der Waals surface area contributed by atoms with Crippen molar-refractivity contribution in [2.75, 3.05) is 45.3 Å². The van der Waals surface area contributed by atoms with Crippen molar-refractivity contribution in [3.05, 3.63) is 64.7 Å². The fourth-order valence-corrected chi connectivity index (χ4v) is 5.18. The van der Waals surface area contributed by atoms with Crippen LogP contribution in [-0.4, -0.2) is 68.2 Å². The van der Waals surface area contributed by atoms with Crippen LogP contribution < -0.4 is 14.4 Å². The molecule has 0 spiro atoms. The lowest BCUT2D eigenvalue weighted by Crippen LogP contribution is -2.49.